The van der Waals surface area contributed by atoms with Crippen LogP contribution in [0.5, 0.6) is 0 Å². The Morgan fingerprint density at radius 3 is 3.00 bits per heavy atom. The zero-order chi connectivity index (χ0) is 6.69. The number of nitrogens with zero attached hydrogens (tertiary/aromatic N) is 2. The summed E-state index contributed by atoms with van der Waals surface area (Å²) >= 11 is 1.71. The quantitative estimate of drug-likeness (QED) is 0.504. The van der Waals surface area contributed by atoms with Crippen LogP contribution in [0.15, 0.2) is 17.4 Å². The van der Waals surface area contributed by atoms with Gasteiger partial charge in [0.15, 0.2) is 0 Å². The second-order valence-electron chi connectivity index (χ2n) is 1.94. The Labute approximate surface area is 59.6 Å². The maximum atomic E-state index is 4.16. The Balaban J connectivity index is 2.55. The van der Waals surface area contributed by atoms with Crippen molar-refractivity contribution in [1.82, 2.24) is 4.90 Å². The summed E-state index contributed by atoms with van der Waals surface area (Å²) in [6.45, 7) is 0.956. The third kappa shape index (κ3) is 1.75. The fraction of sp³-hybridized carbons (Fsp3) is 0.500. The van der Waals surface area contributed by atoms with Crippen LogP contribution in [-0.2, 0) is 0 Å². The van der Waals surface area contributed by atoms with Gasteiger partial charge in [-0.3, -0.25) is 4.99 Å². The zero-order valence-electron chi connectivity index (χ0n) is 5.66. The summed E-state index contributed by atoms with van der Waals surface area (Å²) in [6, 6.07) is 0. The maximum Gasteiger partial charge on any atom is 0.0922 e. The van der Waals surface area contributed by atoms with Crippen LogP contribution in [0.1, 0.15) is 0 Å². The minimum Gasteiger partial charge on any atom is -0.373 e. The van der Waals surface area contributed by atoms with E-state index in [9.17, 15) is 0 Å². The van der Waals surface area contributed by atoms with Crippen LogP contribution in [-0.4, -0.2) is 29.8 Å². The summed E-state index contributed by atoms with van der Waals surface area (Å²) in [5.41, 5.74) is 0. The van der Waals surface area contributed by atoms with E-state index in [1.54, 1.807) is 11.8 Å². The Bertz CT molecular complexity index is 151. The van der Waals surface area contributed by atoms with E-state index in [0.29, 0.717) is 0 Å². The molecule has 0 aromatic heterocycles. The van der Waals surface area contributed by atoms with Crippen molar-refractivity contribution in [2.45, 2.75) is 0 Å². The van der Waals surface area contributed by atoms with Gasteiger partial charge in [0.25, 0.3) is 0 Å². The Morgan fingerprint density at radius 1 is 1.78 bits per heavy atom. The SMILES string of the molecule is CSC1=NC=CN(C)C1. The van der Waals surface area contributed by atoms with Crippen molar-refractivity contribution in [3.63, 3.8) is 0 Å². The molecular weight excluding hydrogens is 132 g/mol. The van der Waals surface area contributed by atoms with Crippen molar-refractivity contribution in [3.8, 4) is 0 Å². The highest BCUT2D eigenvalue weighted by Gasteiger charge is 2.01. The van der Waals surface area contributed by atoms with E-state index in [1.165, 1.54) is 5.04 Å². The summed E-state index contributed by atoms with van der Waals surface area (Å²) in [5, 5.41) is 1.18. The predicted octanol–water partition coefficient (Wildman–Crippen LogP) is 1.16. The average molecular weight is 142 g/mol. The fourth-order valence-electron chi connectivity index (χ4n) is 0.654. The summed E-state index contributed by atoms with van der Waals surface area (Å²) in [6.07, 6.45) is 5.85. The van der Waals surface area contributed by atoms with Gasteiger partial charge in [-0.2, -0.15) is 0 Å². The molecule has 9 heavy (non-hydrogen) atoms. The Kier molecular flexibility index (Phi) is 2.16. The molecule has 0 fully saturated rings. The molecule has 0 N–H and O–H groups in total. The maximum absolute atomic E-state index is 4.16. The minimum atomic E-state index is 0.956. The van der Waals surface area contributed by atoms with E-state index >= 15 is 0 Å². The molecular formula is C6H10N2S. The van der Waals surface area contributed by atoms with Crippen molar-refractivity contribution in [2.24, 2.45) is 4.99 Å². The monoisotopic (exact) mass is 142 g/mol. The number of hydrogen-bond acceptors (Lipinski definition) is 3. The first-order valence-corrected chi connectivity index (χ1v) is 4.03. The lowest BCUT2D eigenvalue weighted by Gasteiger charge is -2.16. The average Bonchev–Trinajstić information content (AvgIpc) is 1.88. The molecule has 2 nitrogen and oxygen atoms in total. The molecule has 0 aliphatic carbocycles. The first-order valence-electron chi connectivity index (χ1n) is 2.80. The third-order valence-electron chi connectivity index (χ3n) is 1.16. The molecule has 1 heterocycles. The lowest BCUT2D eigenvalue weighted by atomic mass is 10.5. The van der Waals surface area contributed by atoms with E-state index in [1.807, 2.05) is 25.7 Å². The predicted molar refractivity (Wildman–Crippen MR) is 42.7 cm³/mol. The molecule has 0 bridgehead atoms. The van der Waals surface area contributed by atoms with Crippen LogP contribution in [0, 0.1) is 0 Å². The smallest absolute Gasteiger partial charge is 0.0922 e. The largest absolute Gasteiger partial charge is 0.373 e. The van der Waals surface area contributed by atoms with Crippen molar-refractivity contribution in [1.29, 1.82) is 0 Å². The van der Waals surface area contributed by atoms with Gasteiger partial charge in [-0.25, -0.2) is 0 Å². The number of aliphatic imine (C=N–C) groups is 1. The topological polar surface area (TPSA) is 15.6 Å². The summed E-state index contributed by atoms with van der Waals surface area (Å²) in [4.78, 5) is 6.27. The molecule has 0 aromatic carbocycles. The van der Waals surface area contributed by atoms with Gasteiger partial charge in [0.2, 0.25) is 0 Å². The van der Waals surface area contributed by atoms with Crippen molar-refractivity contribution >= 4 is 16.8 Å². The van der Waals surface area contributed by atoms with Gasteiger partial charge in [0.05, 0.1) is 11.6 Å². The molecule has 0 saturated heterocycles. The van der Waals surface area contributed by atoms with Crippen LogP contribution in [0.3, 0.4) is 0 Å². The molecule has 1 aliphatic heterocycles. The molecule has 0 saturated carbocycles. The van der Waals surface area contributed by atoms with Gasteiger partial charge >= 0.3 is 0 Å². The van der Waals surface area contributed by atoms with Gasteiger partial charge in [-0.1, -0.05) is 0 Å². The van der Waals surface area contributed by atoms with Crippen LogP contribution in [0.4, 0.5) is 0 Å². The molecule has 3 heteroatoms. The van der Waals surface area contributed by atoms with Gasteiger partial charge in [0, 0.05) is 19.4 Å². The fourth-order valence-corrected chi connectivity index (χ4v) is 1.15. The Morgan fingerprint density at radius 2 is 2.56 bits per heavy atom. The van der Waals surface area contributed by atoms with E-state index in [0.717, 1.165) is 6.54 Å². The number of rotatable bonds is 0. The lowest BCUT2D eigenvalue weighted by Crippen LogP contribution is -2.20. The second kappa shape index (κ2) is 2.92. The first-order chi connectivity index (χ1) is 4.33. The van der Waals surface area contributed by atoms with Crippen molar-refractivity contribution in [3.05, 3.63) is 12.4 Å². The van der Waals surface area contributed by atoms with E-state index < -0.39 is 0 Å². The molecule has 1 rings (SSSR count). The third-order valence-corrected chi connectivity index (χ3v) is 1.87. The van der Waals surface area contributed by atoms with E-state index in [-0.39, 0.29) is 0 Å². The standard InChI is InChI=1S/C6H10N2S/c1-8-4-3-7-6(5-8)9-2/h3-4H,5H2,1-2H3. The zero-order valence-corrected chi connectivity index (χ0v) is 6.48. The van der Waals surface area contributed by atoms with E-state index in [2.05, 4.69) is 9.89 Å². The van der Waals surface area contributed by atoms with Crippen LogP contribution < -0.4 is 0 Å². The van der Waals surface area contributed by atoms with Gasteiger partial charge in [-0.15, -0.1) is 11.8 Å². The first kappa shape index (κ1) is 6.68. The summed E-state index contributed by atoms with van der Waals surface area (Å²) in [5.74, 6) is 0. The molecule has 0 aromatic rings. The summed E-state index contributed by atoms with van der Waals surface area (Å²) in [7, 11) is 2.04. The highest BCUT2D eigenvalue weighted by molar-refractivity contribution is 8.13. The molecule has 50 valence electrons. The number of thioether (sulfide) groups is 1. The molecule has 0 unspecified atom stereocenters. The van der Waals surface area contributed by atoms with E-state index in [4.69, 9.17) is 0 Å². The van der Waals surface area contributed by atoms with Gasteiger partial charge in [-0.05, 0) is 6.26 Å². The normalized spacial score (nSPS) is 18.0. The lowest BCUT2D eigenvalue weighted by molar-refractivity contribution is 0.520. The molecule has 0 radical (unpaired) electrons. The molecule has 1 aliphatic rings. The van der Waals surface area contributed by atoms with Gasteiger partial charge < -0.3 is 4.90 Å². The molecule has 0 atom stereocenters. The Hall–Kier alpha value is -0.440. The highest BCUT2D eigenvalue weighted by atomic mass is 32.2. The van der Waals surface area contributed by atoms with Crippen molar-refractivity contribution in [2.75, 3.05) is 19.8 Å². The molecule has 0 spiro atoms. The summed E-state index contributed by atoms with van der Waals surface area (Å²) < 4.78 is 0. The van der Waals surface area contributed by atoms with Crippen LogP contribution in [0.25, 0.3) is 0 Å². The number of hydrogen-bond donors (Lipinski definition) is 0. The van der Waals surface area contributed by atoms with Crippen molar-refractivity contribution < 1.29 is 0 Å². The molecule has 0 amide bonds. The van der Waals surface area contributed by atoms with Crippen LogP contribution in [0.2, 0.25) is 0 Å². The minimum absolute atomic E-state index is 0.956. The van der Waals surface area contributed by atoms with Gasteiger partial charge in [0.1, 0.15) is 0 Å². The second-order valence-corrected chi connectivity index (χ2v) is 2.82. The van der Waals surface area contributed by atoms with Crippen LogP contribution >= 0.6 is 11.8 Å². The highest BCUT2D eigenvalue weighted by Crippen LogP contribution is 2.05.